The van der Waals surface area contributed by atoms with E-state index in [1.807, 2.05) is 30.3 Å². The summed E-state index contributed by atoms with van der Waals surface area (Å²) in [6.45, 7) is 0.286. The van der Waals surface area contributed by atoms with Gasteiger partial charge in [0.1, 0.15) is 11.4 Å². The first-order valence-corrected chi connectivity index (χ1v) is 10.8. The fourth-order valence-corrected chi connectivity index (χ4v) is 4.83. The van der Waals surface area contributed by atoms with Crippen molar-refractivity contribution in [2.75, 3.05) is 18.6 Å². The normalized spacial score (nSPS) is 22.2. The molecule has 28 heavy (non-hydrogen) atoms. The summed E-state index contributed by atoms with van der Waals surface area (Å²) in [6.07, 6.45) is 2.11. The second-order valence-electron chi connectivity index (χ2n) is 6.78. The van der Waals surface area contributed by atoms with E-state index in [0.717, 1.165) is 5.56 Å². The number of nitrogens with two attached hydrogens (primary N) is 1. The standard InChI is InChI=1S/C19H23N5O3S/c1-22-18(25)16-9-14(17(20)23-15-7-8-28(21,27)12-15)11-24(19(16)26)10-13-5-3-2-4-6-13/h2-6,9,11,15,21H,7-8,10,12H2,1H3,(H2,20,23)(H,22,25). The number of benzene rings is 1. The zero-order chi connectivity index (χ0) is 20.3. The number of nitrogens with one attached hydrogen (secondary N) is 2. The molecule has 0 spiro atoms. The number of amidine groups is 1. The molecule has 0 aliphatic carbocycles. The third-order valence-corrected chi connectivity index (χ3v) is 6.43. The van der Waals surface area contributed by atoms with Crippen LogP contribution in [-0.4, -0.2) is 45.1 Å². The van der Waals surface area contributed by atoms with E-state index < -0.39 is 21.2 Å². The zero-order valence-electron chi connectivity index (χ0n) is 15.6. The van der Waals surface area contributed by atoms with Crippen LogP contribution in [0.15, 0.2) is 52.4 Å². The molecular weight excluding hydrogens is 378 g/mol. The molecule has 2 atom stereocenters. The number of rotatable bonds is 5. The first-order valence-electron chi connectivity index (χ1n) is 8.87. The maximum absolute atomic E-state index is 12.7. The van der Waals surface area contributed by atoms with Crippen molar-refractivity contribution in [2.45, 2.75) is 19.0 Å². The van der Waals surface area contributed by atoms with Crippen LogP contribution in [-0.2, 0) is 16.3 Å². The number of amides is 1. The van der Waals surface area contributed by atoms with Crippen molar-refractivity contribution in [3.05, 3.63) is 69.6 Å². The van der Waals surface area contributed by atoms with Gasteiger partial charge < -0.3 is 15.6 Å². The van der Waals surface area contributed by atoms with Crippen LogP contribution in [0.25, 0.3) is 0 Å². The van der Waals surface area contributed by atoms with E-state index in [0.29, 0.717) is 17.7 Å². The number of hydrogen-bond donors (Lipinski definition) is 3. The summed E-state index contributed by atoms with van der Waals surface area (Å²) in [5.41, 5.74) is 7.04. The van der Waals surface area contributed by atoms with E-state index in [4.69, 9.17) is 10.5 Å². The van der Waals surface area contributed by atoms with Gasteiger partial charge in [-0.1, -0.05) is 30.3 Å². The number of hydrogen-bond acceptors (Lipinski definition) is 5. The Morgan fingerprint density at radius 2 is 2.11 bits per heavy atom. The maximum Gasteiger partial charge on any atom is 0.263 e. The van der Waals surface area contributed by atoms with Gasteiger partial charge in [-0.25, -0.2) is 4.21 Å². The van der Waals surface area contributed by atoms with E-state index >= 15 is 0 Å². The van der Waals surface area contributed by atoms with Crippen LogP contribution in [0.2, 0.25) is 0 Å². The molecule has 0 saturated carbocycles. The van der Waals surface area contributed by atoms with E-state index in [9.17, 15) is 13.8 Å². The van der Waals surface area contributed by atoms with Gasteiger partial charge in [0.15, 0.2) is 0 Å². The molecule has 1 fully saturated rings. The van der Waals surface area contributed by atoms with Gasteiger partial charge >= 0.3 is 0 Å². The Balaban J connectivity index is 2.01. The lowest BCUT2D eigenvalue weighted by Gasteiger charge is -2.12. The molecule has 1 saturated heterocycles. The van der Waals surface area contributed by atoms with Crippen molar-refractivity contribution in [3.63, 3.8) is 0 Å². The van der Waals surface area contributed by atoms with Crippen LogP contribution in [0.4, 0.5) is 0 Å². The number of aromatic nitrogens is 1. The highest BCUT2D eigenvalue weighted by Crippen LogP contribution is 2.16. The molecule has 2 aromatic rings. The number of pyridine rings is 1. The summed E-state index contributed by atoms with van der Waals surface area (Å²) < 4.78 is 21.0. The zero-order valence-corrected chi connectivity index (χ0v) is 16.4. The highest BCUT2D eigenvalue weighted by atomic mass is 32.2. The van der Waals surface area contributed by atoms with Crippen LogP contribution in [0.1, 0.15) is 27.9 Å². The van der Waals surface area contributed by atoms with Gasteiger partial charge in [-0.15, -0.1) is 0 Å². The highest BCUT2D eigenvalue weighted by Gasteiger charge is 2.25. The minimum atomic E-state index is -2.59. The molecule has 2 heterocycles. The minimum absolute atomic E-state index is 0.0233. The smallest absolute Gasteiger partial charge is 0.263 e. The third kappa shape index (κ3) is 4.48. The molecule has 8 nitrogen and oxygen atoms in total. The fourth-order valence-electron chi connectivity index (χ4n) is 3.15. The average molecular weight is 401 g/mol. The van der Waals surface area contributed by atoms with Crippen molar-refractivity contribution in [1.82, 2.24) is 9.88 Å². The van der Waals surface area contributed by atoms with Crippen molar-refractivity contribution in [2.24, 2.45) is 10.7 Å². The van der Waals surface area contributed by atoms with Crippen molar-refractivity contribution < 1.29 is 9.00 Å². The second kappa shape index (κ2) is 7.97. The predicted molar refractivity (Wildman–Crippen MR) is 109 cm³/mol. The minimum Gasteiger partial charge on any atom is -0.383 e. The molecule has 9 heteroatoms. The SMILES string of the molecule is CNC(=O)c1cc(C(N)=NC2CCS(=N)(=O)C2)cn(Cc2ccccc2)c1=O. The Bertz CT molecular complexity index is 1070. The maximum atomic E-state index is 12.7. The summed E-state index contributed by atoms with van der Waals surface area (Å²) in [7, 11) is -1.13. The van der Waals surface area contributed by atoms with Crippen LogP contribution < -0.4 is 16.6 Å². The Labute approximate surface area is 163 Å². The van der Waals surface area contributed by atoms with Gasteiger partial charge in [-0.2, -0.15) is 0 Å². The number of aliphatic imine (C=N–C) groups is 1. The molecule has 1 aromatic carbocycles. The molecule has 1 amide bonds. The molecule has 2 unspecified atom stereocenters. The quantitative estimate of drug-likeness (QED) is 0.505. The van der Waals surface area contributed by atoms with Gasteiger partial charge in [0.2, 0.25) is 0 Å². The molecule has 0 radical (unpaired) electrons. The Morgan fingerprint density at radius 1 is 1.39 bits per heavy atom. The molecule has 3 rings (SSSR count). The highest BCUT2D eigenvalue weighted by molar-refractivity contribution is 7.92. The first-order chi connectivity index (χ1) is 13.3. The number of carbonyl (C=O) groups is 1. The first kappa shape index (κ1) is 19.8. The summed E-state index contributed by atoms with van der Waals surface area (Å²) in [5.74, 6) is 0.149. The summed E-state index contributed by atoms with van der Waals surface area (Å²) >= 11 is 0. The lowest BCUT2D eigenvalue weighted by molar-refractivity contribution is 0.0961. The Hall–Kier alpha value is -2.94. The van der Waals surface area contributed by atoms with Crippen LogP contribution in [0.3, 0.4) is 0 Å². The topological polar surface area (TPSA) is 130 Å². The number of carbonyl (C=O) groups excluding carboxylic acids is 1. The molecule has 1 aromatic heterocycles. The molecule has 4 N–H and O–H groups in total. The van der Waals surface area contributed by atoms with Crippen molar-refractivity contribution in [3.8, 4) is 0 Å². The van der Waals surface area contributed by atoms with Crippen LogP contribution in [0, 0.1) is 4.78 Å². The van der Waals surface area contributed by atoms with E-state index in [-0.39, 0.29) is 29.7 Å². The number of nitrogens with zero attached hydrogens (tertiary/aromatic N) is 2. The summed E-state index contributed by atoms with van der Waals surface area (Å²) in [5, 5.41) is 2.47. The van der Waals surface area contributed by atoms with Gasteiger partial charge in [-0.05, 0) is 18.1 Å². The Kier molecular flexibility index (Phi) is 5.64. The Morgan fingerprint density at radius 3 is 2.71 bits per heavy atom. The van der Waals surface area contributed by atoms with Gasteiger partial charge in [0.05, 0.1) is 18.3 Å². The average Bonchev–Trinajstić information content (AvgIpc) is 3.01. The lowest BCUT2D eigenvalue weighted by Crippen LogP contribution is -2.33. The lowest BCUT2D eigenvalue weighted by atomic mass is 10.1. The molecular formula is C19H23N5O3S. The van der Waals surface area contributed by atoms with Crippen molar-refractivity contribution >= 4 is 21.5 Å². The summed E-state index contributed by atoms with van der Waals surface area (Å²) in [4.78, 5) is 29.3. The molecule has 1 aliphatic heterocycles. The van der Waals surface area contributed by atoms with E-state index in [1.165, 1.54) is 17.7 Å². The largest absolute Gasteiger partial charge is 0.383 e. The second-order valence-corrected chi connectivity index (χ2v) is 9.14. The monoisotopic (exact) mass is 401 g/mol. The third-order valence-electron chi connectivity index (χ3n) is 4.61. The van der Waals surface area contributed by atoms with Crippen LogP contribution in [0.5, 0.6) is 0 Å². The van der Waals surface area contributed by atoms with Gasteiger partial charge in [0, 0.05) is 34.3 Å². The fraction of sp³-hybridized carbons (Fsp3) is 0.316. The summed E-state index contributed by atoms with van der Waals surface area (Å²) in [6, 6.07) is 10.5. The van der Waals surface area contributed by atoms with Crippen LogP contribution >= 0.6 is 0 Å². The van der Waals surface area contributed by atoms with Gasteiger partial charge in [-0.3, -0.25) is 19.4 Å². The predicted octanol–water partition coefficient (Wildman–Crippen LogP) is 0.781. The molecule has 1 aliphatic rings. The van der Waals surface area contributed by atoms with Crippen molar-refractivity contribution in [1.29, 1.82) is 4.78 Å². The molecule has 148 valence electrons. The van der Waals surface area contributed by atoms with E-state index in [2.05, 4.69) is 10.3 Å². The molecule has 0 bridgehead atoms. The van der Waals surface area contributed by atoms with Gasteiger partial charge in [0.25, 0.3) is 11.5 Å². The van der Waals surface area contributed by atoms with E-state index in [1.54, 1.807) is 6.20 Å².